The van der Waals surface area contributed by atoms with Gasteiger partial charge in [-0.2, -0.15) is 0 Å². The standard InChI is InChI=1S/C20H25N/c1-19(2,3)17-11-9-16(10-12-17)13-20(14-21-15-20)18-7-5-4-6-8-18/h4-12,21H,13-15H2,1-3H3. The van der Waals surface area contributed by atoms with Gasteiger partial charge in [0.1, 0.15) is 0 Å². The van der Waals surface area contributed by atoms with Crippen LogP contribution in [0.15, 0.2) is 54.6 Å². The molecule has 0 bridgehead atoms. The maximum atomic E-state index is 3.46. The van der Waals surface area contributed by atoms with Gasteiger partial charge in [0, 0.05) is 18.5 Å². The third-order valence-corrected chi connectivity index (χ3v) is 4.68. The van der Waals surface area contributed by atoms with Crippen LogP contribution >= 0.6 is 0 Å². The number of hydrogen-bond acceptors (Lipinski definition) is 1. The van der Waals surface area contributed by atoms with Crippen molar-refractivity contribution in [2.75, 3.05) is 13.1 Å². The highest BCUT2D eigenvalue weighted by Gasteiger charge is 2.38. The van der Waals surface area contributed by atoms with Crippen molar-refractivity contribution in [1.29, 1.82) is 0 Å². The highest BCUT2D eigenvalue weighted by molar-refractivity contribution is 5.35. The van der Waals surface area contributed by atoms with Crippen LogP contribution in [0.25, 0.3) is 0 Å². The third kappa shape index (κ3) is 2.89. The predicted molar refractivity (Wildman–Crippen MR) is 89.8 cm³/mol. The topological polar surface area (TPSA) is 12.0 Å². The SMILES string of the molecule is CC(C)(C)c1ccc(CC2(c3ccccc3)CNC2)cc1. The molecule has 1 N–H and O–H groups in total. The third-order valence-electron chi connectivity index (χ3n) is 4.68. The van der Waals surface area contributed by atoms with Gasteiger partial charge >= 0.3 is 0 Å². The molecule has 3 rings (SSSR count). The molecule has 0 saturated carbocycles. The molecule has 1 fully saturated rings. The van der Waals surface area contributed by atoms with E-state index in [1.165, 1.54) is 16.7 Å². The normalized spacial score (nSPS) is 17.3. The summed E-state index contributed by atoms with van der Waals surface area (Å²) in [5, 5.41) is 3.46. The zero-order valence-electron chi connectivity index (χ0n) is 13.3. The van der Waals surface area contributed by atoms with Crippen LogP contribution in [0.1, 0.15) is 37.5 Å². The van der Waals surface area contributed by atoms with E-state index in [9.17, 15) is 0 Å². The minimum Gasteiger partial charge on any atom is -0.315 e. The van der Waals surface area contributed by atoms with Crippen LogP contribution in [0.5, 0.6) is 0 Å². The molecule has 0 aliphatic carbocycles. The highest BCUT2D eigenvalue weighted by Crippen LogP contribution is 2.33. The van der Waals surface area contributed by atoms with E-state index in [0.29, 0.717) is 0 Å². The van der Waals surface area contributed by atoms with Crippen molar-refractivity contribution < 1.29 is 0 Å². The van der Waals surface area contributed by atoms with Crippen LogP contribution in [-0.2, 0) is 17.3 Å². The van der Waals surface area contributed by atoms with Gasteiger partial charge < -0.3 is 5.32 Å². The molecule has 2 aromatic carbocycles. The second-order valence-electron chi connectivity index (χ2n) is 7.37. The van der Waals surface area contributed by atoms with Crippen molar-refractivity contribution in [3.63, 3.8) is 0 Å². The first-order valence-corrected chi connectivity index (χ1v) is 7.85. The summed E-state index contributed by atoms with van der Waals surface area (Å²) in [5.41, 5.74) is 4.82. The van der Waals surface area contributed by atoms with Crippen molar-refractivity contribution in [3.05, 3.63) is 71.3 Å². The van der Waals surface area contributed by atoms with Crippen LogP contribution in [0.4, 0.5) is 0 Å². The molecule has 2 aromatic rings. The van der Waals surface area contributed by atoms with Gasteiger partial charge in [0.2, 0.25) is 0 Å². The molecule has 0 unspecified atom stereocenters. The summed E-state index contributed by atoms with van der Waals surface area (Å²) >= 11 is 0. The van der Waals surface area contributed by atoms with Gasteiger partial charge in [-0.1, -0.05) is 75.4 Å². The summed E-state index contributed by atoms with van der Waals surface area (Å²) < 4.78 is 0. The van der Waals surface area contributed by atoms with E-state index in [2.05, 4.69) is 80.7 Å². The lowest BCUT2D eigenvalue weighted by molar-refractivity contribution is 0.274. The molecular weight excluding hydrogens is 254 g/mol. The Kier molecular flexibility index (Phi) is 3.62. The number of rotatable bonds is 3. The molecule has 21 heavy (non-hydrogen) atoms. The fourth-order valence-electron chi connectivity index (χ4n) is 3.16. The fourth-order valence-corrected chi connectivity index (χ4v) is 3.16. The van der Waals surface area contributed by atoms with Gasteiger partial charge in [-0.25, -0.2) is 0 Å². The zero-order chi connectivity index (χ0) is 14.9. The molecule has 1 nitrogen and oxygen atoms in total. The number of hydrogen-bond donors (Lipinski definition) is 1. The lowest BCUT2D eigenvalue weighted by atomic mass is 9.71. The summed E-state index contributed by atoms with van der Waals surface area (Å²) in [6.07, 6.45) is 1.12. The van der Waals surface area contributed by atoms with E-state index in [1.807, 2.05) is 0 Å². The maximum absolute atomic E-state index is 3.46. The second kappa shape index (κ2) is 5.31. The first-order chi connectivity index (χ1) is 10.00. The van der Waals surface area contributed by atoms with Gasteiger partial charge in [-0.05, 0) is 28.5 Å². The Hall–Kier alpha value is -1.60. The summed E-state index contributed by atoms with van der Waals surface area (Å²) in [7, 11) is 0. The smallest absolute Gasteiger partial charge is 0.0242 e. The molecule has 1 saturated heterocycles. The largest absolute Gasteiger partial charge is 0.315 e. The lowest BCUT2D eigenvalue weighted by Crippen LogP contribution is -2.58. The van der Waals surface area contributed by atoms with E-state index >= 15 is 0 Å². The Labute approximate surface area is 128 Å². The first-order valence-electron chi connectivity index (χ1n) is 7.85. The lowest BCUT2D eigenvalue weighted by Gasteiger charge is -2.43. The second-order valence-corrected chi connectivity index (χ2v) is 7.37. The van der Waals surface area contributed by atoms with Gasteiger partial charge in [-0.15, -0.1) is 0 Å². The van der Waals surface area contributed by atoms with Gasteiger partial charge in [0.25, 0.3) is 0 Å². The van der Waals surface area contributed by atoms with Crippen molar-refractivity contribution in [2.45, 2.75) is 38.0 Å². The van der Waals surface area contributed by atoms with Gasteiger partial charge in [0.15, 0.2) is 0 Å². The van der Waals surface area contributed by atoms with Crippen molar-refractivity contribution in [3.8, 4) is 0 Å². The van der Waals surface area contributed by atoms with E-state index in [0.717, 1.165) is 19.5 Å². The average Bonchev–Trinajstić information content (AvgIpc) is 2.43. The molecule has 110 valence electrons. The summed E-state index contributed by atoms with van der Waals surface area (Å²) in [4.78, 5) is 0. The van der Waals surface area contributed by atoms with Crippen LogP contribution in [-0.4, -0.2) is 13.1 Å². The van der Waals surface area contributed by atoms with Crippen molar-refractivity contribution in [1.82, 2.24) is 5.32 Å². The van der Waals surface area contributed by atoms with E-state index in [1.54, 1.807) is 0 Å². The Morgan fingerprint density at radius 2 is 1.52 bits per heavy atom. The Morgan fingerprint density at radius 3 is 2.00 bits per heavy atom. The molecule has 1 heteroatoms. The first kappa shape index (κ1) is 14.3. The monoisotopic (exact) mass is 279 g/mol. The van der Waals surface area contributed by atoms with Crippen LogP contribution in [0, 0.1) is 0 Å². The minimum atomic E-state index is 0.230. The molecular formula is C20H25N. The maximum Gasteiger partial charge on any atom is 0.0242 e. The van der Waals surface area contributed by atoms with Crippen molar-refractivity contribution >= 4 is 0 Å². The molecule has 0 spiro atoms. The number of benzene rings is 2. The molecule has 0 aromatic heterocycles. The predicted octanol–water partition coefficient (Wildman–Crippen LogP) is 4.07. The van der Waals surface area contributed by atoms with E-state index in [-0.39, 0.29) is 10.8 Å². The van der Waals surface area contributed by atoms with E-state index < -0.39 is 0 Å². The molecule has 1 aliphatic heterocycles. The van der Waals surface area contributed by atoms with Crippen LogP contribution in [0.2, 0.25) is 0 Å². The molecule has 1 heterocycles. The number of nitrogens with one attached hydrogen (secondary N) is 1. The Bertz CT molecular complexity index is 586. The Morgan fingerprint density at radius 1 is 0.905 bits per heavy atom. The summed E-state index contributed by atoms with van der Waals surface area (Å²) in [6.45, 7) is 8.96. The van der Waals surface area contributed by atoms with Crippen LogP contribution < -0.4 is 5.32 Å². The quantitative estimate of drug-likeness (QED) is 0.893. The summed E-state index contributed by atoms with van der Waals surface area (Å²) in [6, 6.07) is 20.1. The molecule has 0 radical (unpaired) electrons. The van der Waals surface area contributed by atoms with Gasteiger partial charge in [0.05, 0.1) is 0 Å². The molecule has 0 atom stereocenters. The fraction of sp³-hybridized carbons (Fsp3) is 0.400. The average molecular weight is 279 g/mol. The highest BCUT2D eigenvalue weighted by atomic mass is 15.0. The zero-order valence-corrected chi connectivity index (χ0v) is 13.3. The summed E-state index contributed by atoms with van der Waals surface area (Å²) in [5.74, 6) is 0. The molecule has 1 aliphatic rings. The van der Waals surface area contributed by atoms with Crippen molar-refractivity contribution in [2.24, 2.45) is 0 Å². The Balaban J connectivity index is 1.82. The molecule has 0 amide bonds. The van der Waals surface area contributed by atoms with Crippen LogP contribution in [0.3, 0.4) is 0 Å². The minimum absolute atomic E-state index is 0.230. The van der Waals surface area contributed by atoms with Gasteiger partial charge in [-0.3, -0.25) is 0 Å². The van der Waals surface area contributed by atoms with E-state index in [4.69, 9.17) is 0 Å².